The maximum atomic E-state index is 12.4. The molecule has 0 unspecified atom stereocenters. The summed E-state index contributed by atoms with van der Waals surface area (Å²) in [6, 6.07) is 0. The van der Waals surface area contributed by atoms with Gasteiger partial charge in [0.25, 0.3) is 5.56 Å². The van der Waals surface area contributed by atoms with Gasteiger partial charge in [0, 0.05) is 12.3 Å². The third kappa shape index (κ3) is 3.15. The van der Waals surface area contributed by atoms with Gasteiger partial charge in [-0.2, -0.15) is 4.98 Å². The number of fused-ring (bicyclic) bond motifs is 1. The van der Waals surface area contributed by atoms with Gasteiger partial charge in [0.15, 0.2) is 11.8 Å². The number of methoxy groups -OCH3 is 1. The predicted octanol–water partition coefficient (Wildman–Crippen LogP) is 1.24. The largest absolute Gasteiger partial charge is 0.466 e. The van der Waals surface area contributed by atoms with Crippen LogP contribution in [-0.4, -0.2) is 35.0 Å². The second-order valence-electron chi connectivity index (χ2n) is 4.45. The Bertz CT molecular complexity index is 556. The minimum absolute atomic E-state index is 0.0479. The zero-order valence-corrected chi connectivity index (χ0v) is 12.5. The van der Waals surface area contributed by atoms with Gasteiger partial charge in [0.05, 0.1) is 12.7 Å². The van der Waals surface area contributed by atoms with E-state index in [1.165, 1.54) is 18.9 Å². The highest BCUT2D eigenvalue weighted by Crippen LogP contribution is 2.25. The number of hydrogen-bond acceptors (Lipinski definition) is 6. The van der Waals surface area contributed by atoms with Gasteiger partial charge in [-0.05, 0) is 12.8 Å². The topological polar surface area (TPSA) is 70.4 Å². The van der Waals surface area contributed by atoms with Gasteiger partial charge in [-0.15, -0.1) is 0 Å². The van der Waals surface area contributed by atoms with Crippen LogP contribution in [0.2, 0.25) is 0 Å². The first-order chi connectivity index (χ1) is 9.67. The van der Waals surface area contributed by atoms with Crippen molar-refractivity contribution >= 4 is 17.7 Å². The number of rotatable bonds is 6. The summed E-state index contributed by atoms with van der Waals surface area (Å²) in [6.45, 7) is 2.52. The van der Waals surface area contributed by atoms with Gasteiger partial charge in [-0.25, -0.2) is 4.79 Å². The molecule has 0 amide bonds. The highest BCUT2D eigenvalue weighted by atomic mass is 32.2. The van der Waals surface area contributed by atoms with E-state index in [1.54, 1.807) is 4.57 Å². The molecule has 0 bridgehead atoms. The molecule has 2 rings (SSSR count). The standard InChI is InChI=1S/C13H18N2O4S/c1-3-4-5-9-11(19-8-10(16)18-2)14-13-15(12(9)17)6-7-20-13/h3-8H2,1-2H3. The van der Waals surface area contributed by atoms with Crippen molar-refractivity contribution in [1.82, 2.24) is 9.55 Å². The summed E-state index contributed by atoms with van der Waals surface area (Å²) in [7, 11) is 1.30. The fraction of sp³-hybridized carbons (Fsp3) is 0.615. The van der Waals surface area contributed by atoms with E-state index < -0.39 is 5.97 Å². The summed E-state index contributed by atoms with van der Waals surface area (Å²) >= 11 is 1.52. The molecular formula is C13H18N2O4S. The monoisotopic (exact) mass is 298 g/mol. The number of carbonyl (C=O) groups is 1. The molecule has 0 saturated heterocycles. The lowest BCUT2D eigenvalue weighted by Crippen LogP contribution is -2.26. The van der Waals surface area contributed by atoms with Crippen molar-refractivity contribution in [3.63, 3.8) is 0 Å². The number of thioether (sulfide) groups is 1. The summed E-state index contributed by atoms with van der Waals surface area (Å²) in [4.78, 5) is 27.9. The van der Waals surface area contributed by atoms with Gasteiger partial charge >= 0.3 is 5.97 Å². The van der Waals surface area contributed by atoms with E-state index in [9.17, 15) is 9.59 Å². The summed E-state index contributed by atoms with van der Waals surface area (Å²) < 4.78 is 11.6. The Morgan fingerprint density at radius 1 is 1.50 bits per heavy atom. The average Bonchev–Trinajstić information content (AvgIpc) is 2.92. The second-order valence-corrected chi connectivity index (χ2v) is 5.51. The second kappa shape index (κ2) is 6.78. The van der Waals surface area contributed by atoms with E-state index in [0.29, 0.717) is 23.7 Å². The molecule has 0 spiro atoms. The summed E-state index contributed by atoms with van der Waals surface area (Å²) in [5.41, 5.74) is 0.510. The van der Waals surface area contributed by atoms with Crippen molar-refractivity contribution in [3.05, 3.63) is 15.9 Å². The summed E-state index contributed by atoms with van der Waals surface area (Å²) in [5.74, 6) is 0.631. The van der Waals surface area contributed by atoms with E-state index in [2.05, 4.69) is 16.6 Å². The molecule has 110 valence electrons. The third-order valence-electron chi connectivity index (χ3n) is 3.07. The van der Waals surface area contributed by atoms with Gasteiger partial charge < -0.3 is 9.47 Å². The van der Waals surface area contributed by atoms with Crippen LogP contribution in [-0.2, 0) is 22.5 Å². The fourth-order valence-corrected chi connectivity index (χ4v) is 2.90. The average molecular weight is 298 g/mol. The number of nitrogens with zero attached hydrogens (tertiary/aromatic N) is 2. The van der Waals surface area contributed by atoms with Gasteiger partial charge in [0.1, 0.15) is 0 Å². The molecule has 1 aliphatic heterocycles. The van der Waals surface area contributed by atoms with Crippen LogP contribution < -0.4 is 10.3 Å². The lowest BCUT2D eigenvalue weighted by molar-refractivity contribution is -0.143. The highest BCUT2D eigenvalue weighted by molar-refractivity contribution is 7.99. The molecule has 0 N–H and O–H groups in total. The van der Waals surface area contributed by atoms with Crippen LogP contribution in [0.5, 0.6) is 5.88 Å². The van der Waals surface area contributed by atoms with E-state index in [1.807, 2.05) is 0 Å². The molecule has 1 aromatic heterocycles. The first-order valence-electron chi connectivity index (χ1n) is 6.63. The maximum Gasteiger partial charge on any atom is 0.343 e. The molecule has 1 aliphatic rings. The Balaban J connectivity index is 2.30. The van der Waals surface area contributed by atoms with E-state index in [0.717, 1.165) is 18.6 Å². The molecule has 0 aliphatic carbocycles. The summed E-state index contributed by atoms with van der Waals surface area (Å²) in [5, 5.41) is 0.662. The number of carbonyl (C=O) groups excluding carboxylic acids is 1. The Morgan fingerprint density at radius 2 is 2.30 bits per heavy atom. The molecule has 7 heteroatoms. The fourth-order valence-electron chi connectivity index (χ4n) is 1.96. The molecule has 2 heterocycles. The zero-order valence-electron chi connectivity index (χ0n) is 11.7. The Hall–Kier alpha value is -1.50. The van der Waals surface area contributed by atoms with Crippen LogP contribution in [0.15, 0.2) is 9.95 Å². The van der Waals surface area contributed by atoms with Crippen LogP contribution in [0.25, 0.3) is 0 Å². The minimum Gasteiger partial charge on any atom is -0.466 e. The van der Waals surface area contributed by atoms with Gasteiger partial charge in [-0.1, -0.05) is 25.1 Å². The smallest absolute Gasteiger partial charge is 0.343 e. The zero-order chi connectivity index (χ0) is 14.5. The molecule has 20 heavy (non-hydrogen) atoms. The maximum absolute atomic E-state index is 12.4. The lowest BCUT2D eigenvalue weighted by Gasteiger charge is -2.11. The SMILES string of the molecule is CCCCc1c(OCC(=O)OC)nc2n(c1=O)CCS2. The van der Waals surface area contributed by atoms with Gasteiger partial charge in [0.2, 0.25) is 5.88 Å². The van der Waals surface area contributed by atoms with Crippen LogP contribution in [0, 0.1) is 0 Å². The summed E-state index contributed by atoms with van der Waals surface area (Å²) in [6.07, 6.45) is 2.48. The lowest BCUT2D eigenvalue weighted by atomic mass is 10.1. The molecule has 0 fully saturated rings. The van der Waals surface area contributed by atoms with Crippen LogP contribution in [0.1, 0.15) is 25.3 Å². The minimum atomic E-state index is -0.485. The Kier molecular flexibility index (Phi) is 5.05. The molecule has 0 radical (unpaired) electrons. The van der Waals surface area contributed by atoms with Crippen molar-refractivity contribution in [2.24, 2.45) is 0 Å². The van der Waals surface area contributed by atoms with Crippen LogP contribution in [0.3, 0.4) is 0 Å². The Morgan fingerprint density at radius 3 is 3.00 bits per heavy atom. The number of hydrogen-bond donors (Lipinski definition) is 0. The Labute approximate surface area is 121 Å². The van der Waals surface area contributed by atoms with Crippen molar-refractivity contribution in [2.45, 2.75) is 37.9 Å². The molecule has 1 aromatic rings. The van der Waals surface area contributed by atoms with Crippen LogP contribution in [0.4, 0.5) is 0 Å². The van der Waals surface area contributed by atoms with Crippen molar-refractivity contribution in [3.8, 4) is 5.88 Å². The number of aromatic nitrogens is 2. The first-order valence-corrected chi connectivity index (χ1v) is 7.62. The number of ether oxygens (including phenoxy) is 2. The highest BCUT2D eigenvalue weighted by Gasteiger charge is 2.21. The van der Waals surface area contributed by atoms with E-state index in [-0.39, 0.29) is 18.0 Å². The number of unbranched alkanes of at least 4 members (excludes halogenated alkanes) is 1. The van der Waals surface area contributed by atoms with E-state index >= 15 is 0 Å². The van der Waals surface area contributed by atoms with Crippen LogP contribution >= 0.6 is 11.8 Å². The number of esters is 1. The third-order valence-corrected chi connectivity index (χ3v) is 4.03. The molecule has 0 aromatic carbocycles. The predicted molar refractivity (Wildman–Crippen MR) is 75.3 cm³/mol. The van der Waals surface area contributed by atoms with Gasteiger partial charge in [-0.3, -0.25) is 9.36 Å². The van der Waals surface area contributed by atoms with Crippen molar-refractivity contribution in [1.29, 1.82) is 0 Å². The normalized spacial score (nSPS) is 13.1. The molecule has 6 nitrogen and oxygen atoms in total. The molecular weight excluding hydrogens is 280 g/mol. The first kappa shape index (κ1) is 14.9. The molecule has 0 atom stereocenters. The van der Waals surface area contributed by atoms with Crippen molar-refractivity contribution in [2.75, 3.05) is 19.5 Å². The quantitative estimate of drug-likeness (QED) is 0.581. The van der Waals surface area contributed by atoms with E-state index in [4.69, 9.17) is 4.74 Å². The van der Waals surface area contributed by atoms with Crippen molar-refractivity contribution < 1.29 is 14.3 Å². The molecule has 0 saturated carbocycles.